The van der Waals surface area contributed by atoms with E-state index in [1.807, 2.05) is 27.7 Å². The van der Waals surface area contributed by atoms with Crippen LogP contribution < -0.4 is 0 Å². The molecule has 0 spiro atoms. The van der Waals surface area contributed by atoms with Crippen molar-refractivity contribution in [1.29, 1.82) is 0 Å². The molecule has 0 N–H and O–H groups in total. The van der Waals surface area contributed by atoms with E-state index in [0.29, 0.717) is 0 Å². The molecular weight excluding hydrogens is 227 g/mol. The zero-order valence-corrected chi connectivity index (χ0v) is 11.7. The van der Waals surface area contributed by atoms with E-state index >= 15 is 0 Å². The lowest BCUT2D eigenvalue weighted by atomic mass is 10.3. The highest BCUT2D eigenvalue weighted by Crippen LogP contribution is 2.45. The molecule has 96 valence electrons. The van der Waals surface area contributed by atoms with Crippen molar-refractivity contribution < 1.29 is 18.3 Å². The van der Waals surface area contributed by atoms with Crippen molar-refractivity contribution in [1.82, 2.24) is 0 Å². The van der Waals surface area contributed by atoms with Gasteiger partial charge in [0, 0.05) is 6.66 Å². The van der Waals surface area contributed by atoms with E-state index in [1.54, 1.807) is 6.08 Å². The summed E-state index contributed by atoms with van der Waals surface area (Å²) in [5.41, 5.74) is 0. The fourth-order valence-corrected chi connectivity index (χ4v) is 2.38. The predicted octanol–water partition coefficient (Wildman–Crippen LogP) is 3.23. The fourth-order valence-electron chi connectivity index (χ4n) is 1.13. The third-order valence-electron chi connectivity index (χ3n) is 1.59. The molecule has 0 aliphatic heterocycles. The molecule has 5 heteroatoms. The van der Waals surface area contributed by atoms with Gasteiger partial charge < -0.3 is 13.8 Å². The summed E-state index contributed by atoms with van der Waals surface area (Å²) in [6.45, 7) is 12.8. The van der Waals surface area contributed by atoms with Crippen molar-refractivity contribution in [2.75, 3.05) is 13.3 Å². The molecule has 0 saturated carbocycles. The summed E-state index contributed by atoms with van der Waals surface area (Å²) in [5.74, 6) is 0. The van der Waals surface area contributed by atoms with Gasteiger partial charge in [-0.1, -0.05) is 6.08 Å². The van der Waals surface area contributed by atoms with Gasteiger partial charge in [0.25, 0.3) is 0 Å². The Morgan fingerprint density at radius 2 is 1.81 bits per heavy atom. The number of rotatable bonds is 8. The first-order valence-electron chi connectivity index (χ1n) is 5.45. The molecule has 0 amide bonds. The average Bonchev–Trinajstić information content (AvgIpc) is 2.09. The number of hydrogen-bond acceptors (Lipinski definition) is 4. The summed E-state index contributed by atoms with van der Waals surface area (Å²) in [7, 11) is -2.99. The number of hydrogen-bond donors (Lipinski definition) is 0. The molecule has 0 aliphatic rings. The predicted molar refractivity (Wildman–Crippen MR) is 65.9 cm³/mol. The zero-order valence-electron chi connectivity index (χ0n) is 10.8. The molecule has 2 atom stereocenters. The molecule has 0 fully saturated rings. The largest absolute Gasteiger partial charge is 0.369 e. The highest BCUT2D eigenvalue weighted by Gasteiger charge is 2.20. The Kier molecular flexibility index (Phi) is 7.16. The second-order valence-corrected chi connectivity index (χ2v) is 6.19. The smallest absolute Gasteiger partial charge is 0.327 e. The molecule has 0 heterocycles. The van der Waals surface area contributed by atoms with Crippen molar-refractivity contribution >= 4 is 7.60 Å². The standard InChI is InChI=1S/C11H23O4P/c1-7-11(14-9(2)3)8-13-16(6,12)15-10(4)5/h7,9-11H,1,8H2,2-6H3/t11-,16?/m0/s1. The van der Waals surface area contributed by atoms with Crippen LogP contribution in [-0.2, 0) is 18.3 Å². The van der Waals surface area contributed by atoms with Gasteiger partial charge in [0.2, 0.25) is 0 Å². The van der Waals surface area contributed by atoms with E-state index in [9.17, 15) is 4.57 Å². The second kappa shape index (κ2) is 7.23. The molecular formula is C11H23O4P. The average molecular weight is 250 g/mol. The van der Waals surface area contributed by atoms with Gasteiger partial charge in [0.05, 0.1) is 24.9 Å². The molecule has 4 nitrogen and oxygen atoms in total. The van der Waals surface area contributed by atoms with Gasteiger partial charge in [-0.2, -0.15) is 0 Å². The molecule has 0 aromatic rings. The van der Waals surface area contributed by atoms with Gasteiger partial charge in [-0.05, 0) is 27.7 Å². The maximum absolute atomic E-state index is 11.8. The summed E-state index contributed by atoms with van der Waals surface area (Å²) in [6, 6.07) is 0. The SMILES string of the molecule is C=C[C@@H](COP(C)(=O)OC(C)C)OC(C)C. The molecule has 0 bridgehead atoms. The Hall–Kier alpha value is -0.150. The van der Waals surface area contributed by atoms with Gasteiger partial charge in [0.15, 0.2) is 0 Å². The van der Waals surface area contributed by atoms with Crippen LogP contribution in [0.5, 0.6) is 0 Å². The van der Waals surface area contributed by atoms with Crippen LogP contribution in [0.25, 0.3) is 0 Å². The first-order chi connectivity index (χ1) is 7.26. The Balaban J connectivity index is 4.09. The van der Waals surface area contributed by atoms with E-state index in [1.165, 1.54) is 6.66 Å². The van der Waals surface area contributed by atoms with E-state index in [2.05, 4.69) is 6.58 Å². The van der Waals surface area contributed by atoms with E-state index in [4.69, 9.17) is 13.8 Å². The molecule has 0 aromatic carbocycles. The lowest BCUT2D eigenvalue weighted by molar-refractivity contribution is 0.00555. The van der Waals surface area contributed by atoms with Crippen LogP contribution in [-0.4, -0.2) is 31.6 Å². The minimum Gasteiger partial charge on any atom is -0.369 e. The first kappa shape index (κ1) is 15.9. The molecule has 0 aromatic heterocycles. The van der Waals surface area contributed by atoms with Crippen molar-refractivity contribution in [3.05, 3.63) is 12.7 Å². The summed E-state index contributed by atoms with van der Waals surface area (Å²) in [4.78, 5) is 0. The topological polar surface area (TPSA) is 44.8 Å². The molecule has 1 unspecified atom stereocenters. The van der Waals surface area contributed by atoms with Crippen LogP contribution in [0.2, 0.25) is 0 Å². The monoisotopic (exact) mass is 250 g/mol. The maximum atomic E-state index is 11.8. The molecule has 0 radical (unpaired) electrons. The zero-order chi connectivity index (χ0) is 12.8. The Morgan fingerprint density at radius 3 is 2.19 bits per heavy atom. The van der Waals surface area contributed by atoms with Gasteiger partial charge in [-0.3, -0.25) is 4.57 Å². The maximum Gasteiger partial charge on any atom is 0.327 e. The van der Waals surface area contributed by atoms with Gasteiger partial charge in [-0.25, -0.2) is 0 Å². The third-order valence-corrected chi connectivity index (χ3v) is 3.01. The minimum absolute atomic E-state index is 0.0776. The lowest BCUT2D eigenvalue weighted by Crippen LogP contribution is -2.21. The third kappa shape index (κ3) is 8.05. The van der Waals surface area contributed by atoms with Crippen LogP contribution in [0.1, 0.15) is 27.7 Å². The van der Waals surface area contributed by atoms with Gasteiger partial charge >= 0.3 is 7.60 Å². The molecule has 0 aliphatic carbocycles. The van der Waals surface area contributed by atoms with Crippen LogP contribution in [0.15, 0.2) is 12.7 Å². The Morgan fingerprint density at radius 1 is 1.25 bits per heavy atom. The van der Waals surface area contributed by atoms with Crippen molar-refractivity contribution in [2.45, 2.75) is 46.0 Å². The van der Waals surface area contributed by atoms with Crippen molar-refractivity contribution in [3.8, 4) is 0 Å². The highest BCUT2D eigenvalue weighted by molar-refractivity contribution is 7.53. The summed E-state index contributed by atoms with van der Waals surface area (Å²) >= 11 is 0. The Labute approximate surface area is 98.5 Å². The summed E-state index contributed by atoms with van der Waals surface area (Å²) in [6.07, 6.45) is 1.33. The molecule has 0 rings (SSSR count). The second-order valence-electron chi connectivity index (χ2n) is 4.18. The highest BCUT2D eigenvalue weighted by atomic mass is 31.2. The van der Waals surface area contributed by atoms with E-state index < -0.39 is 7.60 Å². The van der Waals surface area contributed by atoms with E-state index in [0.717, 1.165) is 0 Å². The Bertz CT molecular complexity index is 250. The quantitative estimate of drug-likeness (QED) is 0.490. The summed E-state index contributed by atoms with van der Waals surface area (Å²) in [5, 5.41) is 0. The fraction of sp³-hybridized carbons (Fsp3) is 0.818. The molecule has 16 heavy (non-hydrogen) atoms. The van der Waals surface area contributed by atoms with Gasteiger partial charge in [-0.15, -0.1) is 6.58 Å². The summed E-state index contributed by atoms with van der Waals surface area (Å²) < 4.78 is 27.7. The van der Waals surface area contributed by atoms with Crippen molar-refractivity contribution in [3.63, 3.8) is 0 Å². The number of ether oxygens (including phenoxy) is 1. The van der Waals surface area contributed by atoms with Crippen LogP contribution in [0.4, 0.5) is 0 Å². The van der Waals surface area contributed by atoms with Crippen LogP contribution in [0.3, 0.4) is 0 Å². The first-order valence-corrected chi connectivity index (χ1v) is 7.44. The van der Waals surface area contributed by atoms with Crippen LogP contribution in [0, 0.1) is 0 Å². The van der Waals surface area contributed by atoms with Crippen molar-refractivity contribution in [2.24, 2.45) is 0 Å². The van der Waals surface area contributed by atoms with Crippen LogP contribution >= 0.6 is 7.60 Å². The molecule has 0 saturated heterocycles. The van der Waals surface area contributed by atoms with E-state index in [-0.39, 0.29) is 24.9 Å². The normalized spacial score (nSPS) is 17.4. The minimum atomic E-state index is -2.99. The lowest BCUT2D eigenvalue weighted by Gasteiger charge is -2.21. The van der Waals surface area contributed by atoms with Gasteiger partial charge in [0.1, 0.15) is 0 Å².